The Morgan fingerprint density at radius 1 is 1.26 bits per heavy atom. The van der Waals surface area contributed by atoms with Crippen molar-refractivity contribution >= 4 is 44.3 Å². The zero-order chi connectivity index (χ0) is 16.2. The van der Waals surface area contributed by atoms with Crippen LogP contribution in [0.25, 0.3) is 6.08 Å². The van der Waals surface area contributed by atoms with Crippen LogP contribution in [0.5, 0.6) is 0 Å². The summed E-state index contributed by atoms with van der Waals surface area (Å²) >= 11 is 4.92. The first-order valence-electron chi connectivity index (χ1n) is 7.46. The number of hydrogen-bond donors (Lipinski definition) is 1. The van der Waals surface area contributed by atoms with Crippen molar-refractivity contribution in [1.29, 1.82) is 5.26 Å². The first kappa shape index (κ1) is 16.0. The van der Waals surface area contributed by atoms with Crippen molar-refractivity contribution in [2.24, 2.45) is 0 Å². The van der Waals surface area contributed by atoms with Crippen molar-refractivity contribution in [3.8, 4) is 6.07 Å². The van der Waals surface area contributed by atoms with E-state index in [0.717, 1.165) is 41.3 Å². The normalized spacial score (nSPS) is 13.6. The fourth-order valence-corrected chi connectivity index (χ4v) is 4.18. The average molecular weight is 387 g/mol. The van der Waals surface area contributed by atoms with E-state index in [0.29, 0.717) is 10.6 Å². The fourth-order valence-electron chi connectivity index (χ4n) is 2.67. The summed E-state index contributed by atoms with van der Waals surface area (Å²) in [4.78, 5) is 13.4. The SMILES string of the molecule is N#Cc1c(NC(=O)/C=C/c2ccc(Br)cc2)sc2c1CCCC2. The maximum Gasteiger partial charge on any atom is 0.249 e. The number of carbonyl (C=O) groups excluding carboxylic acids is 1. The molecule has 23 heavy (non-hydrogen) atoms. The van der Waals surface area contributed by atoms with E-state index in [1.807, 2.05) is 24.3 Å². The van der Waals surface area contributed by atoms with Crippen molar-refractivity contribution in [2.75, 3.05) is 5.32 Å². The second kappa shape index (κ2) is 7.12. The van der Waals surface area contributed by atoms with E-state index in [2.05, 4.69) is 27.3 Å². The Bertz CT molecular complexity index is 800. The number of benzene rings is 1. The summed E-state index contributed by atoms with van der Waals surface area (Å²) in [5.41, 5.74) is 2.74. The van der Waals surface area contributed by atoms with E-state index < -0.39 is 0 Å². The number of carbonyl (C=O) groups is 1. The van der Waals surface area contributed by atoms with Gasteiger partial charge in [0.1, 0.15) is 11.1 Å². The quantitative estimate of drug-likeness (QED) is 0.761. The van der Waals surface area contributed by atoms with Gasteiger partial charge < -0.3 is 5.32 Å². The number of hydrogen-bond acceptors (Lipinski definition) is 3. The van der Waals surface area contributed by atoms with Gasteiger partial charge in [0.25, 0.3) is 0 Å². The lowest BCUT2D eigenvalue weighted by Gasteiger charge is -2.09. The molecule has 1 aliphatic carbocycles. The van der Waals surface area contributed by atoms with Crippen molar-refractivity contribution in [3.05, 3.63) is 56.4 Å². The molecule has 1 heterocycles. The van der Waals surface area contributed by atoms with Gasteiger partial charge in [-0.1, -0.05) is 28.1 Å². The van der Waals surface area contributed by atoms with Crippen LogP contribution in [0.1, 0.15) is 34.4 Å². The summed E-state index contributed by atoms with van der Waals surface area (Å²) in [5.74, 6) is -0.206. The van der Waals surface area contributed by atoms with Gasteiger partial charge in [0.2, 0.25) is 5.91 Å². The maximum atomic E-state index is 12.1. The third kappa shape index (κ3) is 3.72. The number of halogens is 1. The third-order valence-corrected chi connectivity index (χ3v) is 5.55. The fraction of sp³-hybridized carbons (Fsp3) is 0.222. The standard InChI is InChI=1S/C18H15BrN2OS/c19-13-8-5-12(6-9-13)7-10-17(22)21-18-15(11-20)14-3-1-2-4-16(14)23-18/h5-10H,1-4H2,(H,21,22)/b10-7+. The van der Waals surface area contributed by atoms with Crippen molar-refractivity contribution < 1.29 is 4.79 Å². The zero-order valence-corrected chi connectivity index (χ0v) is 14.8. The molecule has 1 N–H and O–H groups in total. The Labute approximate surface area is 147 Å². The number of thiophene rings is 1. The molecule has 2 aromatic rings. The Kier molecular flexibility index (Phi) is 4.94. The number of anilines is 1. The van der Waals surface area contributed by atoms with Crippen LogP contribution in [0.4, 0.5) is 5.00 Å². The lowest BCUT2D eigenvalue weighted by molar-refractivity contribution is -0.111. The number of nitrogens with zero attached hydrogens (tertiary/aromatic N) is 1. The van der Waals surface area contributed by atoms with Gasteiger partial charge in [-0.15, -0.1) is 11.3 Å². The predicted molar refractivity (Wildman–Crippen MR) is 97.5 cm³/mol. The summed E-state index contributed by atoms with van der Waals surface area (Å²) in [6.45, 7) is 0. The van der Waals surface area contributed by atoms with Gasteiger partial charge in [-0.25, -0.2) is 0 Å². The van der Waals surface area contributed by atoms with Crippen molar-refractivity contribution in [2.45, 2.75) is 25.7 Å². The summed E-state index contributed by atoms with van der Waals surface area (Å²) in [5, 5.41) is 12.9. The van der Waals surface area contributed by atoms with E-state index >= 15 is 0 Å². The highest BCUT2D eigenvalue weighted by Crippen LogP contribution is 2.37. The molecule has 5 heteroatoms. The highest BCUT2D eigenvalue weighted by molar-refractivity contribution is 9.10. The molecule has 1 aromatic heterocycles. The number of amides is 1. The minimum Gasteiger partial charge on any atom is -0.313 e. The summed E-state index contributed by atoms with van der Waals surface area (Å²) in [6, 6.07) is 9.97. The molecule has 0 saturated heterocycles. The lowest BCUT2D eigenvalue weighted by Crippen LogP contribution is -2.07. The Morgan fingerprint density at radius 2 is 2.00 bits per heavy atom. The van der Waals surface area contributed by atoms with Gasteiger partial charge in [0, 0.05) is 15.4 Å². The number of nitrogens with one attached hydrogen (secondary N) is 1. The van der Waals surface area contributed by atoms with Crippen LogP contribution in [0.2, 0.25) is 0 Å². The van der Waals surface area contributed by atoms with Crippen LogP contribution in [-0.2, 0) is 17.6 Å². The van der Waals surface area contributed by atoms with E-state index in [1.165, 1.54) is 11.0 Å². The van der Waals surface area contributed by atoms with Gasteiger partial charge in [-0.05, 0) is 55.0 Å². The molecule has 0 atom stereocenters. The molecule has 0 aliphatic heterocycles. The number of rotatable bonds is 3. The minimum atomic E-state index is -0.206. The predicted octanol–water partition coefficient (Wildman–Crippen LogP) is 4.91. The van der Waals surface area contributed by atoms with Gasteiger partial charge in [0.15, 0.2) is 0 Å². The molecule has 3 rings (SSSR count). The number of fused-ring (bicyclic) bond motifs is 1. The molecule has 0 fully saturated rings. The van der Waals surface area contributed by atoms with Crippen LogP contribution in [0, 0.1) is 11.3 Å². The van der Waals surface area contributed by atoms with Crippen LogP contribution in [0.15, 0.2) is 34.8 Å². The Morgan fingerprint density at radius 3 is 2.74 bits per heavy atom. The molecule has 1 aliphatic rings. The molecule has 0 radical (unpaired) electrons. The Hall–Kier alpha value is -1.90. The van der Waals surface area contributed by atoms with Crippen LogP contribution < -0.4 is 5.32 Å². The highest BCUT2D eigenvalue weighted by Gasteiger charge is 2.21. The molecule has 3 nitrogen and oxygen atoms in total. The van der Waals surface area contributed by atoms with Gasteiger partial charge in [-0.2, -0.15) is 5.26 Å². The third-order valence-electron chi connectivity index (χ3n) is 3.82. The van der Waals surface area contributed by atoms with Gasteiger partial charge >= 0.3 is 0 Å². The van der Waals surface area contributed by atoms with Crippen LogP contribution in [0.3, 0.4) is 0 Å². The second-order valence-electron chi connectivity index (χ2n) is 5.40. The number of nitriles is 1. The first-order valence-corrected chi connectivity index (χ1v) is 9.07. The van der Waals surface area contributed by atoms with Gasteiger partial charge in [0.05, 0.1) is 5.56 Å². The highest BCUT2D eigenvalue weighted by atomic mass is 79.9. The smallest absolute Gasteiger partial charge is 0.249 e. The van der Waals surface area contributed by atoms with Crippen molar-refractivity contribution in [1.82, 2.24) is 0 Å². The van der Waals surface area contributed by atoms with E-state index in [1.54, 1.807) is 17.4 Å². The molecule has 116 valence electrons. The van der Waals surface area contributed by atoms with E-state index in [4.69, 9.17) is 0 Å². The largest absolute Gasteiger partial charge is 0.313 e. The van der Waals surface area contributed by atoms with Gasteiger partial charge in [-0.3, -0.25) is 4.79 Å². The molecule has 0 saturated carbocycles. The molecule has 0 spiro atoms. The van der Waals surface area contributed by atoms with Crippen LogP contribution in [-0.4, -0.2) is 5.91 Å². The summed E-state index contributed by atoms with van der Waals surface area (Å²) in [6.07, 6.45) is 7.51. The monoisotopic (exact) mass is 386 g/mol. The molecular formula is C18H15BrN2OS. The summed E-state index contributed by atoms with van der Waals surface area (Å²) in [7, 11) is 0. The van der Waals surface area contributed by atoms with Crippen molar-refractivity contribution in [3.63, 3.8) is 0 Å². The van der Waals surface area contributed by atoms with Crippen LogP contribution >= 0.6 is 27.3 Å². The number of aryl methyl sites for hydroxylation is 1. The molecule has 1 aromatic carbocycles. The zero-order valence-electron chi connectivity index (χ0n) is 12.4. The summed E-state index contributed by atoms with van der Waals surface area (Å²) < 4.78 is 1.00. The average Bonchev–Trinajstić information content (AvgIpc) is 2.91. The maximum absolute atomic E-state index is 12.1. The first-order chi connectivity index (χ1) is 11.2. The topological polar surface area (TPSA) is 52.9 Å². The van der Waals surface area contributed by atoms with E-state index in [9.17, 15) is 10.1 Å². The minimum absolute atomic E-state index is 0.206. The van der Waals surface area contributed by atoms with E-state index in [-0.39, 0.29) is 5.91 Å². The Balaban J connectivity index is 1.74. The molecule has 1 amide bonds. The lowest BCUT2D eigenvalue weighted by atomic mass is 9.96. The molecule has 0 bridgehead atoms. The molecule has 0 unspecified atom stereocenters. The molecular weight excluding hydrogens is 372 g/mol. The second-order valence-corrected chi connectivity index (χ2v) is 7.42.